The molecule has 6 heteroatoms. The third-order valence-corrected chi connectivity index (χ3v) is 4.40. The number of carbonyl (C=O) groups excluding carboxylic acids is 1. The molecule has 1 aromatic carbocycles. The highest BCUT2D eigenvalue weighted by molar-refractivity contribution is 5.74. The number of morpholine rings is 1. The quantitative estimate of drug-likeness (QED) is 0.777. The van der Waals surface area contributed by atoms with Gasteiger partial charge in [0.05, 0.1) is 25.3 Å². The van der Waals surface area contributed by atoms with E-state index >= 15 is 0 Å². The van der Waals surface area contributed by atoms with Crippen LogP contribution in [0.1, 0.15) is 16.8 Å². The lowest BCUT2D eigenvalue weighted by Crippen LogP contribution is -2.46. The number of hydrogen-bond donors (Lipinski definition) is 0. The summed E-state index contributed by atoms with van der Waals surface area (Å²) < 4.78 is 12.4. The van der Waals surface area contributed by atoms with Gasteiger partial charge in [0.15, 0.2) is 6.10 Å². The Hall–Kier alpha value is -2.62. The average Bonchev–Trinajstić information content (AvgIpc) is 3.08. The highest BCUT2D eigenvalue weighted by Crippen LogP contribution is 2.15. The van der Waals surface area contributed by atoms with Crippen molar-refractivity contribution >= 4 is 5.97 Å². The van der Waals surface area contributed by atoms with Gasteiger partial charge in [-0.2, -0.15) is 5.26 Å². The number of benzene rings is 1. The Labute approximate surface area is 147 Å². The summed E-state index contributed by atoms with van der Waals surface area (Å²) >= 11 is 0. The summed E-state index contributed by atoms with van der Waals surface area (Å²) in [5.74, 6) is -0.331. The Morgan fingerprint density at radius 3 is 2.96 bits per heavy atom. The minimum absolute atomic E-state index is 0.331. The van der Waals surface area contributed by atoms with E-state index in [9.17, 15) is 10.1 Å². The molecule has 130 valence electrons. The molecule has 0 N–H and O–H groups in total. The predicted molar refractivity (Wildman–Crippen MR) is 91.7 cm³/mol. The number of nitriles is 1. The molecule has 1 aliphatic heterocycles. The van der Waals surface area contributed by atoms with Crippen molar-refractivity contribution in [3.63, 3.8) is 0 Å². The lowest BCUT2D eigenvalue weighted by Gasteiger charge is -2.31. The fourth-order valence-electron chi connectivity index (χ4n) is 3.05. The molecule has 2 aromatic rings. The van der Waals surface area contributed by atoms with Gasteiger partial charge in [-0.05, 0) is 23.8 Å². The smallest absolute Gasteiger partial charge is 0.336 e. The van der Waals surface area contributed by atoms with Crippen LogP contribution in [-0.4, -0.2) is 48.3 Å². The summed E-state index contributed by atoms with van der Waals surface area (Å²) in [6.07, 6.45) is 1.49. The third kappa shape index (κ3) is 4.08. The molecule has 2 heterocycles. The first-order valence-electron chi connectivity index (χ1n) is 8.25. The van der Waals surface area contributed by atoms with Gasteiger partial charge in [0.1, 0.15) is 0 Å². The molecule has 0 unspecified atom stereocenters. The van der Waals surface area contributed by atoms with E-state index in [2.05, 4.69) is 21.6 Å². The van der Waals surface area contributed by atoms with Gasteiger partial charge in [0.25, 0.3) is 0 Å². The molecular formula is C19H21N3O3. The van der Waals surface area contributed by atoms with Crippen molar-refractivity contribution < 1.29 is 14.3 Å². The van der Waals surface area contributed by atoms with Crippen LogP contribution in [0.4, 0.5) is 0 Å². The van der Waals surface area contributed by atoms with Crippen molar-refractivity contribution in [1.29, 1.82) is 5.26 Å². The number of esters is 1. The molecule has 0 saturated carbocycles. The predicted octanol–water partition coefficient (Wildman–Crippen LogP) is 1.78. The number of nitrogens with zero attached hydrogens (tertiary/aromatic N) is 3. The van der Waals surface area contributed by atoms with Crippen molar-refractivity contribution in [2.45, 2.75) is 19.2 Å². The molecule has 1 atom stereocenters. The van der Waals surface area contributed by atoms with Gasteiger partial charge >= 0.3 is 5.97 Å². The van der Waals surface area contributed by atoms with Crippen LogP contribution >= 0.6 is 0 Å². The Bertz CT molecular complexity index is 778. The Kier molecular flexibility index (Phi) is 5.49. The maximum absolute atomic E-state index is 11.7. The molecule has 0 bridgehead atoms. The fourth-order valence-corrected chi connectivity index (χ4v) is 3.05. The van der Waals surface area contributed by atoms with Gasteiger partial charge in [-0.1, -0.05) is 18.2 Å². The monoisotopic (exact) mass is 339 g/mol. The van der Waals surface area contributed by atoms with Gasteiger partial charge < -0.3 is 14.0 Å². The zero-order valence-corrected chi connectivity index (χ0v) is 14.2. The van der Waals surface area contributed by atoms with Crippen LogP contribution in [0.3, 0.4) is 0 Å². The Morgan fingerprint density at radius 2 is 2.16 bits per heavy atom. The van der Waals surface area contributed by atoms with E-state index in [1.165, 1.54) is 7.11 Å². The zero-order valence-electron chi connectivity index (χ0n) is 14.2. The van der Waals surface area contributed by atoms with E-state index in [0.717, 1.165) is 24.3 Å². The highest BCUT2D eigenvalue weighted by atomic mass is 16.6. The van der Waals surface area contributed by atoms with Crippen molar-refractivity contribution in [1.82, 2.24) is 9.47 Å². The summed E-state index contributed by atoms with van der Waals surface area (Å²) in [7, 11) is 1.38. The standard InChI is InChI=1S/C19H21N3O3/c1-24-19(23)18-14-21(9-10-25-18)13-17-7-4-8-22(17)12-16-6-3-2-5-15(16)11-20/h2-8,18H,9-10,12-14H2,1H3/t18-/m0/s1. The molecule has 1 saturated heterocycles. The highest BCUT2D eigenvalue weighted by Gasteiger charge is 2.27. The molecular weight excluding hydrogens is 318 g/mol. The number of aromatic nitrogens is 1. The molecule has 6 nitrogen and oxygen atoms in total. The number of methoxy groups -OCH3 is 1. The first kappa shape index (κ1) is 17.2. The van der Waals surface area contributed by atoms with Crippen LogP contribution in [0, 0.1) is 11.3 Å². The van der Waals surface area contributed by atoms with Crippen LogP contribution in [0.2, 0.25) is 0 Å². The molecule has 1 aliphatic rings. The summed E-state index contributed by atoms with van der Waals surface area (Å²) in [5.41, 5.74) is 2.83. The SMILES string of the molecule is COC(=O)[C@@H]1CN(Cc2cccn2Cc2ccccc2C#N)CCO1. The van der Waals surface area contributed by atoms with Crippen LogP contribution in [0.5, 0.6) is 0 Å². The maximum Gasteiger partial charge on any atom is 0.336 e. The van der Waals surface area contributed by atoms with E-state index in [-0.39, 0.29) is 5.97 Å². The topological polar surface area (TPSA) is 67.5 Å². The Morgan fingerprint density at radius 1 is 1.32 bits per heavy atom. The number of carbonyl (C=O) groups is 1. The minimum Gasteiger partial charge on any atom is -0.467 e. The minimum atomic E-state index is -0.526. The molecule has 25 heavy (non-hydrogen) atoms. The lowest BCUT2D eigenvalue weighted by molar-refractivity contribution is -0.160. The van der Waals surface area contributed by atoms with Crippen molar-refractivity contribution in [3.8, 4) is 6.07 Å². The summed E-state index contributed by atoms with van der Waals surface area (Å²) in [5, 5.41) is 9.26. The zero-order chi connectivity index (χ0) is 17.6. The van der Waals surface area contributed by atoms with E-state index in [0.29, 0.717) is 25.3 Å². The van der Waals surface area contributed by atoms with Crippen LogP contribution in [0.15, 0.2) is 42.6 Å². The summed E-state index contributed by atoms with van der Waals surface area (Å²) in [6.45, 7) is 3.17. The molecule has 0 radical (unpaired) electrons. The molecule has 0 spiro atoms. The van der Waals surface area contributed by atoms with Gasteiger partial charge in [-0.25, -0.2) is 4.79 Å². The molecule has 1 aromatic heterocycles. The second kappa shape index (κ2) is 7.97. The average molecular weight is 339 g/mol. The lowest BCUT2D eigenvalue weighted by atomic mass is 10.1. The molecule has 3 rings (SSSR count). The normalized spacial score (nSPS) is 17.8. The third-order valence-electron chi connectivity index (χ3n) is 4.40. The first-order chi connectivity index (χ1) is 12.2. The van der Waals surface area contributed by atoms with Crippen LogP contribution in [0.25, 0.3) is 0 Å². The van der Waals surface area contributed by atoms with Gasteiger partial charge in [0.2, 0.25) is 0 Å². The first-order valence-corrected chi connectivity index (χ1v) is 8.25. The van der Waals surface area contributed by atoms with Crippen molar-refractivity contribution in [2.75, 3.05) is 26.8 Å². The summed E-state index contributed by atoms with van der Waals surface area (Å²) in [4.78, 5) is 13.9. The van der Waals surface area contributed by atoms with E-state index in [1.54, 1.807) is 0 Å². The molecule has 1 fully saturated rings. The second-order valence-corrected chi connectivity index (χ2v) is 6.01. The van der Waals surface area contributed by atoms with E-state index in [1.807, 2.05) is 36.5 Å². The summed E-state index contributed by atoms with van der Waals surface area (Å²) in [6, 6.07) is 13.9. The van der Waals surface area contributed by atoms with Crippen LogP contribution < -0.4 is 0 Å². The number of rotatable bonds is 5. The van der Waals surface area contributed by atoms with Crippen LogP contribution in [-0.2, 0) is 27.4 Å². The fraction of sp³-hybridized carbons (Fsp3) is 0.368. The molecule has 0 aliphatic carbocycles. The Balaban J connectivity index is 1.70. The number of hydrogen-bond acceptors (Lipinski definition) is 5. The van der Waals surface area contributed by atoms with Crippen molar-refractivity contribution in [2.24, 2.45) is 0 Å². The maximum atomic E-state index is 11.7. The van der Waals surface area contributed by atoms with Gasteiger partial charge in [-0.3, -0.25) is 4.90 Å². The van der Waals surface area contributed by atoms with Gasteiger partial charge in [0, 0.05) is 38.1 Å². The second-order valence-electron chi connectivity index (χ2n) is 6.01. The van der Waals surface area contributed by atoms with Crippen molar-refractivity contribution in [3.05, 3.63) is 59.4 Å². The van der Waals surface area contributed by atoms with E-state index in [4.69, 9.17) is 9.47 Å². The van der Waals surface area contributed by atoms with E-state index < -0.39 is 6.10 Å². The van der Waals surface area contributed by atoms with Gasteiger partial charge in [-0.15, -0.1) is 0 Å². The molecule has 0 amide bonds. The number of ether oxygens (including phenoxy) is 2. The largest absolute Gasteiger partial charge is 0.467 e.